The predicted octanol–water partition coefficient (Wildman–Crippen LogP) is 2.34. The fourth-order valence-electron chi connectivity index (χ4n) is 2.50. The third kappa shape index (κ3) is 3.16. The number of hydrogen-bond donors (Lipinski definition) is 1. The standard InChI is InChI=1S/C16H14N6O2S2/c1-21-14-10(7-18-21)15(24)22(9-17-14)5-4-13(23)20-16-19-11(8-26-16)12-3-2-6-25-12/h2-3,6-9H,4-5H2,1H3,(H,19,20,23). The molecule has 0 aromatic carbocycles. The molecule has 0 saturated heterocycles. The highest BCUT2D eigenvalue weighted by atomic mass is 32.1. The Bertz CT molecular complexity index is 1130. The third-order valence-corrected chi connectivity index (χ3v) is 5.47. The van der Waals surface area contributed by atoms with E-state index in [1.807, 2.05) is 22.9 Å². The Morgan fingerprint density at radius 2 is 2.23 bits per heavy atom. The lowest BCUT2D eigenvalue weighted by molar-refractivity contribution is -0.116. The lowest BCUT2D eigenvalue weighted by atomic mass is 10.3. The van der Waals surface area contributed by atoms with E-state index in [1.54, 1.807) is 23.1 Å². The Labute approximate surface area is 155 Å². The van der Waals surface area contributed by atoms with Gasteiger partial charge in [0, 0.05) is 25.4 Å². The second-order valence-corrected chi connectivity index (χ2v) is 7.37. The van der Waals surface area contributed by atoms with E-state index >= 15 is 0 Å². The molecular weight excluding hydrogens is 372 g/mol. The van der Waals surface area contributed by atoms with Gasteiger partial charge in [-0.3, -0.25) is 18.8 Å². The number of aryl methyl sites for hydroxylation is 2. The highest BCUT2D eigenvalue weighted by Crippen LogP contribution is 2.28. The number of fused-ring (bicyclic) bond motifs is 1. The molecule has 4 rings (SSSR count). The molecule has 26 heavy (non-hydrogen) atoms. The van der Waals surface area contributed by atoms with E-state index in [9.17, 15) is 9.59 Å². The van der Waals surface area contributed by atoms with E-state index in [4.69, 9.17) is 0 Å². The number of hydrogen-bond acceptors (Lipinski definition) is 7. The van der Waals surface area contributed by atoms with Crippen LogP contribution in [0.4, 0.5) is 5.13 Å². The SMILES string of the molecule is Cn1ncc2c(=O)n(CCC(=O)Nc3nc(-c4cccs4)cs3)cnc21. The minimum absolute atomic E-state index is 0.154. The van der Waals surface area contributed by atoms with Crippen molar-refractivity contribution in [1.29, 1.82) is 0 Å². The van der Waals surface area contributed by atoms with Crippen molar-refractivity contribution in [3.63, 3.8) is 0 Å². The van der Waals surface area contributed by atoms with Crippen molar-refractivity contribution in [3.05, 3.63) is 45.8 Å². The number of nitrogens with zero attached hydrogens (tertiary/aromatic N) is 5. The molecule has 4 aromatic heterocycles. The quantitative estimate of drug-likeness (QED) is 0.568. The molecular formula is C16H14N6O2S2. The van der Waals surface area contributed by atoms with Crippen molar-refractivity contribution in [1.82, 2.24) is 24.3 Å². The average Bonchev–Trinajstić information content (AvgIpc) is 3.35. The van der Waals surface area contributed by atoms with Crippen molar-refractivity contribution in [2.45, 2.75) is 13.0 Å². The van der Waals surface area contributed by atoms with Gasteiger partial charge in [0.05, 0.1) is 23.1 Å². The van der Waals surface area contributed by atoms with Crippen molar-refractivity contribution in [3.8, 4) is 10.6 Å². The lowest BCUT2D eigenvalue weighted by Crippen LogP contribution is -2.23. The van der Waals surface area contributed by atoms with Crippen molar-refractivity contribution >= 4 is 44.7 Å². The molecule has 0 fully saturated rings. The molecule has 0 unspecified atom stereocenters. The summed E-state index contributed by atoms with van der Waals surface area (Å²) in [5.41, 5.74) is 1.17. The molecule has 0 bridgehead atoms. The summed E-state index contributed by atoms with van der Waals surface area (Å²) in [5.74, 6) is -0.199. The molecule has 0 spiro atoms. The Morgan fingerprint density at radius 3 is 3.04 bits per heavy atom. The van der Waals surface area contributed by atoms with E-state index in [0.29, 0.717) is 16.2 Å². The normalized spacial score (nSPS) is 11.1. The van der Waals surface area contributed by atoms with Crippen LogP contribution in [0.2, 0.25) is 0 Å². The van der Waals surface area contributed by atoms with Gasteiger partial charge in [-0.1, -0.05) is 6.07 Å². The summed E-state index contributed by atoms with van der Waals surface area (Å²) >= 11 is 2.98. The smallest absolute Gasteiger partial charge is 0.264 e. The first-order chi connectivity index (χ1) is 12.6. The number of thiophene rings is 1. The summed E-state index contributed by atoms with van der Waals surface area (Å²) < 4.78 is 2.96. The van der Waals surface area contributed by atoms with Gasteiger partial charge in [-0.2, -0.15) is 5.10 Å². The van der Waals surface area contributed by atoms with E-state index in [-0.39, 0.29) is 24.4 Å². The molecule has 132 valence electrons. The zero-order valence-corrected chi connectivity index (χ0v) is 15.4. The molecule has 0 radical (unpaired) electrons. The first-order valence-electron chi connectivity index (χ1n) is 7.78. The number of rotatable bonds is 5. The average molecular weight is 386 g/mol. The van der Waals surface area contributed by atoms with Crippen molar-refractivity contribution in [2.75, 3.05) is 5.32 Å². The van der Waals surface area contributed by atoms with Crippen LogP contribution in [-0.2, 0) is 18.4 Å². The molecule has 0 atom stereocenters. The number of carbonyl (C=O) groups excluding carboxylic acids is 1. The van der Waals surface area contributed by atoms with Gasteiger partial charge in [-0.25, -0.2) is 9.97 Å². The number of carbonyl (C=O) groups is 1. The molecule has 0 saturated carbocycles. The molecule has 0 aliphatic heterocycles. The number of thiazole rings is 1. The van der Waals surface area contributed by atoms with E-state index in [1.165, 1.54) is 28.4 Å². The van der Waals surface area contributed by atoms with Gasteiger partial charge in [-0.05, 0) is 11.4 Å². The van der Waals surface area contributed by atoms with E-state index in [2.05, 4.69) is 20.4 Å². The number of nitrogens with one attached hydrogen (secondary N) is 1. The van der Waals surface area contributed by atoms with Crippen LogP contribution in [0.1, 0.15) is 6.42 Å². The van der Waals surface area contributed by atoms with Crippen LogP contribution >= 0.6 is 22.7 Å². The maximum atomic E-state index is 12.4. The Hall–Kier alpha value is -2.85. The van der Waals surface area contributed by atoms with Gasteiger partial charge in [0.1, 0.15) is 5.39 Å². The third-order valence-electron chi connectivity index (χ3n) is 3.82. The highest BCUT2D eigenvalue weighted by Gasteiger charge is 2.11. The van der Waals surface area contributed by atoms with Crippen LogP contribution in [0, 0.1) is 0 Å². The molecule has 4 aromatic rings. The van der Waals surface area contributed by atoms with Gasteiger partial charge < -0.3 is 5.32 Å². The van der Waals surface area contributed by atoms with Crippen LogP contribution in [0.3, 0.4) is 0 Å². The molecule has 1 N–H and O–H groups in total. The summed E-state index contributed by atoms with van der Waals surface area (Å²) in [6, 6.07) is 3.95. The summed E-state index contributed by atoms with van der Waals surface area (Å²) in [7, 11) is 1.73. The van der Waals surface area contributed by atoms with Gasteiger partial charge in [0.25, 0.3) is 5.56 Å². The number of aromatic nitrogens is 5. The summed E-state index contributed by atoms with van der Waals surface area (Å²) in [6.45, 7) is 0.242. The molecule has 1 amide bonds. The summed E-state index contributed by atoms with van der Waals surface area (Å²) in [4.78, 5) is 34.2. The Morgan fingerprint density at radius 1 is 1.35 bits per heavy atom. The van der Waals surface area contributed by atoms with Crippen LogP contribution in [0.5, 0.6) is 0 Å². The highest BCUT2D eigenvalue weighted by molar-refractivity contribution is 7.16. The zero-order chi connectivity index (χ0) is 18.1. The van der Waals surface area contributed by atoms with Crippen molar-refractivity contribution in [2.24, 2.45) is 7.05 Å². The van der Waals surface area contributed by atoms with E-state index in [0.717, 1.165) is 10.6 Å². The van der Waals surface area contributed by atoms with Crippen LogP contribution in [-0.4, -0.2) is 30.2 Å². The topological polar surface area (TPSA) is 94.7 Å². The predicted molar refractivity (Wildman–Crippen MR) is 101 cm³/mol. The van der Waals surface area contributed by atoms with Gasteiger partial charge in [0.15, 0.2) is 10.8 Å². The van der Waals surface area contributed by atoms with Gasteiger partial charge in [-0.15, -0.1) is 22.7 Å². The van der Waals surface area contributed by atoms with Crippen LogP contribution < -0.4 is 10.9 Å². The fraction of sp³-hybridized carbons (Fsp3) is 0.188. The minimum atomic E-state index is -0.204. The van der Waals surface area contributed by atoms with Gasteiger partial charge in [0.2, 0.25) is 5.91 Å². The molecule has 8 nitrogen and oxygen atoms in total. The second-order valence-electron chi connectivity index (χ2n) is 5.56. The summed E-state index contributed by atoms with van der Waals surface area (Å²) in [6.07, 6.45) is 3.09. The molecule has 4 heterocycles. The number of amides is 1. The van der Waals surface area contributed by atoms with Crippen LogP contribution in [0.25, 0.3) is 21.6 Å². The maximum Gasteiger partial charge on any atom is 0.264 e. The van der Waals surface area contributed by atoms with E-state index < -0.39 is 0 Å². The lowest BCUT2D eigenvalue weighted by Gasteiger charge is -2.05. The Balaban J connectivity index is 1.41. The molecule has 10 heteroatoms. The number of anilines is 1. The largest absolute Gasteiger partial charge is 0.302 e. The monoisotopic (exact) mass is 386 g/mol. The molecule has 0 aliphatic rings. The first-order valence-corrected chi connectivity index (χ1v) is 9.54. The summed E-state index contributed by atoms with van der Waals surface area (Å²) in [5, 5.41) is 11.7. The van der Waals surface area contributed by atoms with Crippen LogP contribution in [0.15, 0.2) is 40.2 Å². The first kappa shape index (κ1) is 16.6. The van der Waals surface area contributed by atoms with Crippen molar-refractivity contribution < 1.29 is 4.79 Å². The second kappa shape index (κ2) is 6.81. The Kier molecular flexibility index (Phi) is 4.35. The van der Waals surface area contributed by atoms with Gasteiger partial charge >= 0.3 is 0 Å². The molecule has 0 aliphatic carbocycles. The fourth-order valence-corrected chi connectivity index (χ4v) is 3.99. The maximum absolute atomic E-state index is 12.4. The minimum Gasteiger partial charge on any atom is -0.302 e. The zero-order valence-electron chi connectivity index (χ0n) is 13.7.